The molecular formula is C17H21N3O3. The van der Waals surface area contributed by atoms with Gasteiger partial charge >= 0.3 is 0 Å². The Morgan fingerprint density at radius 2 is 2.04 bits per heavy atom. The van der Waals surface area contributed by atoms with E-state index in [9.17, 15) is 5.11 Å². The van der Waals surface area contributed by atoms with E-state index < -0.39 is 0 Å². The lowest BCUT2D eigenvalue weighted by atomic mass is 10.2. The first kappa shape index (κ1) is 15.6. The van der Waals surface area contributed by atoms with Crippen molar-refractivity contribution in [3.8, 4) is 11.5 Å². The van der Waals surface area contributed by atoms with E-state index >= 15 is 0 Å². The summed E-state index contributed by atoms with van der Waals surface area (Å²) in [6.07, 6.45) is -0.0716. The summed E-state index contributed by atoms with van der Waals surface area (Å²) in [5, 5.41) is 9.28. The lowest BCUT2D eigenvalue weighted by Crippen LogP contribution is -2.41. The summed E-state index contributed by atoms with van der Waals surface area (Å²) in [7, 11) is 0. The largest absolute Gasteiger partial charge is 0.486 e. The molecule has 1 aromatic heterocycles. The van der Waals surface area contributed by atoms with Crippen LogP contribution in [0.25, 0.3) is 0 Å². The number of anilines is 1. The van der Waals surface area contributed by atoms with Crippen molar-refractivity contribution >= 4 is 5.82 Å². The molecule has 0 spiro atoms. The van der Waals surface area contributed by atoms with Gasteiger partial charge in [0.25, 0.3) is 0 Å². The topological polar surface area (TPSA) is 67.7 Å². The van der Waals surface area contributed by atoms with E-state index in [-0.39, 0.29) is 12.7 Å². The van der Waals surface area contributed by atoms with Crippen LogP contribution in [0.4, 0.5) is 5.82 Å². The van der Waals surface area contributed by atoms with Crippen molar-refractivity contribution in [1.29, 1.82) is 0 Å². The Hall–Kier alpha value is -2.34. The highest BCUT2D eigenvalue weighted by Gasteiger charge is 2.23. The molecule has 1 N–H and O–H groups in total. The normalized spacial score (nSPS) is 16.2. The number of fused-ring (bicyclic) bond motifs is 1. The summed E-state index contributed by atoms with van der Waals surface area (Å²) in [6, 6.07) is 9.60. The van der Waals surface area contributed by atoms with Crippen molar-refractivity contribution in [3.05, 3.63) is 41.9 Å². The van der Waals surface area contributed by atoms with Crippen molar-refractivity contribution in [2.45, 2.75) is 26.6 Å². The van der Waals surface area contributed by atoms with Gasteiger partial charge in [-0.25, -0.2) is 9.97 Å². The molecule has 1 aromatic carbocycles. The first-order chi connectivity index (χ1) is 11.2. The molecule has 6 nitrogen and oxygen atoms in total. The SMILES string of the molecule is CCN(CC1COc2ccccc2O1)c1cc(C)nc(CO)n1. The Morgan fingerprint density at radius 1 is 1.26 bits per heavy atom. The molecule has 0 bridgehead atoms. The Morgan fingerprint density at radius 3 is 2.78 bits per heavy atom. The van der Waals surface area contributed by atoms with Crippen LogP contribution in [-0.2, 0) is 6.61 Å². The molecule has 1 aliphatic rings. The average Bonchev–Trinajstić information content (AvgIpc) is 2.58. The predicted octanol–water partition coefficient (Wildman–Crippen LogP) is 1.94. The molecule has 0 saturated heterocycles. The van der Waals surface area contributed by atoms with Crippen molar-refractivity contribution in [3.63, 3.8) is 0 Å². The molecule has 1 atom stereocenters. The van der Waals surface area contributed by atoms with E-state index in [2.05, 4.69) is 21.8 Å². The molecule has 6 heteroatoms. The number of rotatable bonds is 5. The fourth-order valence-corrected chi connectivity index (χ4v) is 2.63. The van der Waals surface area contributed by atoms with Crippen molar-refractivity contribution < 1.29 is 14.6 Å². The smallest absolute Gasteiger partial charge is 0.161 e. The fraction of sp³-hybridized carbons (Fsp3) is 0.412. The van der Waals surface area contributed by atoms with Gasteiger partial charge in [-0.15, -0.1) is 0 Å². The Labute approximate surface area is 135 Å². The molecule has 2 aromatic rings. The number of para-hydroxylation sites is 2. The Balaban J connectivity index is 1.74. The van der Waals surface area contributed by atoms with Crippen LogP contribution in [-0.4, -0.2) is 40.9 Å². The van der Waals surface area contributed by atoms with Crippen LogP contribution in [0.1, 0.15) is 18.4 Å². The van der Waals surface area contributed by atoms with E-state index in [1.54, 1.807) is 0 Å². The van der Waals surface area contributed by atoms with Gasteiger partial charge in [-0.2, -0.15) is 0 Å². The maximum Gasteiger partial charge on any atom is 0.161 e. The molecule has 3 rings (SSSR count). The van der Waals surface area contributed by atoms with Gasteiger partial charge in [-0.1, -0.05) is 12.1 Å². The summed E-state index contributed by atoms with van der Waals surface area (Å²) in [5.41, 5.74) is 0.837. The van der Waals surface area contributed by atoms with E-state index in [1.165, 1.54) is 0 Å². The molecule has 122 valence electrons. The standard InChI is InChI=1S/C17H21N3O3/c1-3-20(17-8-12(2)18-16(10-21)19-17)9-13-11-22-14-6-4-5-7-15(14)23-13/h4-8,13,21H,3,9-11H2,1-2H3. The van der Waals surface area contributed by atoms with Crippen molar-refractivity contribution in [1.82, 2.24) is 9.97 Å². The second-order valence-corrected chi connectivity index (χ2v) is 5.48. The molecule has 0 fully saturated rings. The van der Waals surface area contributed by atoms with E-state index in [1.807, 2.05) is 37.3 Å². The number of aliphatic hydroxyl groups excluding tert-OH is 1. The number of aliphatic hydroxyl groups is 1. The van der Waals surface area contributed by atoms with Gasteiger partial charge in [0, 0.05) is 18.3 Å². The zero-order chi connectivity index (χ0) is 16.2. The van der Waals surface area contributed by atoms with E-state index in [4.69, 9.17) is 9.47 Å². The Kier molecular flexibility index (Phi) is 4.62. The molecular weight excluding hydrogens is 294 g/mol. The predicted molar refractivity (Wildman–Crippen MR) is 86.9 cm³/mol. The highest BCUT2D eigenvalue weighted by Crippen LogP contribution is 2.31. The third kappa shape index (κ3) is 3.53. The third-order valence-corrected chi connectivity index (χ3v) is 3.73. The lowest BCUT2D eigenvalue weighted by Gasteiger charge is -2.31. The van der Waals surface area contributed by atoms with Crippen LogP contribution in [0.2, 0.25) is 0 Å². The lowest BCUT2D eigenvalue weighted by molar-refractivity contribution is 0.0952. The first-order valence-corrected chi connectivity index (χ1v) is 7.78. The summed E-state index contributed by atoms with van der Waals surface area (Å²) >= 11 is 0. The molecule has 1 aliphatic heterocycles. The quantitative estimate of drug-likeness (QED) is 0.909. The minimum absolute atomic E-state index is 0.0716. The van der Waals surface area contributed by atoms with Gasteiger partial charge in [-0.3, -0.25) is 0 Å². The average molecular weight is 315 g/mol. The first-order valence-electron chi connectivity index (χ1n) is 7.78. The second kappa shape index (κ2) is 6.83. The third-order valence-electron chi connectivity index (χ3n) is 3.73. The fourth-order valence-electron chi connectivity index (χ4n) is 2.63. The van der Waals surface area contributed by atoms with Crippen molar-refractivity contribution in [2.75, 3.05) is 24.6 Å². The number of aryl methyl sites for hydroxylation is 1. The van der Waals surface area contributed by atoms with Crippen LogP contribution >= 0.6 is 0 Å². The number of hydrogen-bond acceptors (Lipinski definition) is 6. The van der Waals surface area contributed by atoms with E-state index in [0.29, 0.717) is 19.0 Å². The van der Waals surface area contributed by atoms with Gasteiger partial charge in [0.2, 0.25) is 0 Å². The molecule has 23 heavy (non-hydrogen) atoms. The number of ether oxygens (including phenoxy) is 2. The summed E-state index contributed by atoms with van der Waals surface area (Å²) < 4.78 is 11.8. The number of benzene rings is 1. The molecule has 1 unspecified atom stereocenters. The van der Waals surface area contributed by atoms with Crippen molar-refractivity contribution in [2.24, 2.45) is 0 Å². The van der Waals surface area contributed by atoms with Gasteiger partial charge < -0.3 is 19.5 Å². The zero-order valence-corrected chi connectivity index (χ0v) is 13.4. The van der Waals surface area contributed by atoms with Crippen LogP contribution in [0.15, 0.2) is 30.3 Å². The Bertz CT molecular complexity index is 678. The highest BCUT2D eigenvalue weighted by atomic mass is 16.6. The van der Waals surface area contributed by atoms with E-state index in [0.717, 1.165) is 29.6 Å². The molecule has 0 aliphatic carbocycles. The minimum atomic E-state index is -0.164. The number of aromatic nitrogens is 2. The monoisotopic (exact) mass is 315 g/mol. The molecule has 0 saturated carbocycles. The zero-order valence-electron chi connectivity index (χ0n) is 13.4. The van der Waals surface area contributed by atoms with Gasteiger partial charge in [0.05, 0.1) is 6.54 Å². The number of nitrogens with zero attached hydrogens (tertiary/aromatic N) is 3. The molecule has 0 radical (unpaired) electrons. The maximum absolute atomic E-state index is 9.28. The summed E-state index contributed by atoms with van der Waals surface area (Å²) in [4.78, 5) is 10.7. The molecule has 0 amide bonds. The maximum atomic E-state index is 9.28. The van der Waals surface area contributed by atoms with Crippen LogP contribution < -0.4 is 14.4 Å². The minimum Gasteiger partial charge on any atom is -0.486 e. The van der Waals surface area contributed by atoms with Crippen LogP contribution in [0, 0.1) is 6.92 Å². The van der Waals surface area contributed by atoms with Gasteiger partial charge in [0.1, 0.15) is 19.0 Å². The summed E-state index contributed by atoms with van der Waals surface area (Å²) in [6.45, 7) is 5.74. The van der Waals surface area contributed by atoms with Gasteiger partial charge in [0.15, 0.2) is 23.4 Å². The summed E-state index contributed by atoms with van der Waals surface area (Å²) in [5.74, 6) is 2.79. The van der Waals surface area contributed by atoms with Crippen LogP contribution in [0.5, 0.6) is 11.5 Å². The highest BCUT2D eigenvalue weighted by molar-refractivity contribution is 5.42. The number of hydrogen-bond donors (Lipinski definition) is 1. The van der Waals surface area contributed by atoms with Gasteiger partial charge in [-0.05, 0) is 26.0 Å². The second-order valence-electron chi connectivity index (χ2n) is 5.48. The number of likely N-dealkylation sites (N-methyl/N-ethyl adjacent to an activating group) is 1. The van der Waals surface area contributed by atoms with Crippen LogP contribution in [0.3, 0.4) is 0 Å². The molecule has 2 heterocycles.